The predicted octanol–water partition coefficient (Wildman–Crippen LogP) is 3.70. The molecule has 2 aromatic rings. The number of nitrogens with zero attached hydrogens (tertiary/aromatic N) is 1. The Morgan fingerprint density at radius 2 is 2.00 bits per heavy atom. The lowest BCUT2D eigenvalue weighted by Gasteiger charge is -2.14. The first-order valence-electron chi connectivity index (χ1n) is 6.16. The molecule has 0 saturated heterocycles. The van der Waals surface area contributed by atoms with Crippen molar-refractivity contribution in [3.05, 3.63) is 58.3 Å². The zero-order valence-corrected chi connectivity index (χ0v) is 12.6. The van der Waals surface area contributed by atoms with Crippen LogP contribution in [-0.4, -0.2) is 12.1 Å². The van der Waals surface area contributed by atoms with Crippen molar-refractivity contribution in [3.63, 3.8) is 0 Å². The second kappa shape index (κ2) is 6.68. The molecule has 0 unspecified atom stereocenters. The summed E-state index contributed by atoms with van der Waals surface area (Å²) in [6, 6.07) is 10.5. The summed E-state index contributed by atoms with van der Waals surface area (Å²) in [7, 11) is 1.67. The highest BCUT2D eigenvalue weighted by molar-refractivity contribution is 9.10. The Morgan fingerprint density at radius 3 is 2.63 bits per heavy atom. The minimum absolute atomic E-state index is 0.295. The van der Waals surface area contributed by atoms with Crippen molar-refractivity contribution in [3.8, 4) is 5.75 Å². The molecule has 0 fully saturated rings. The van der Waals surface area contributed by atoms with Gasteiger partial charge in [0.15, 0.2) is 0 Å². The van der Waals surface area contributed by atoms with Crippen LogP contribution in [-0.2, 0) is 6.54 Å². The van der Waals surface area contributed by atoms with Gasteiger partial charge in [0.1, 0.15) is 5.75 Å². The summed E-state index contributed by atoms with van der Waals surface area (Å²) in [5, 5.41) is 3.49. The Hall–Kier alpha value is -1.39. The first kappa shape index (κ1) is 14.0. The quantitative estimate of drug-likeness (QED) is 0.912. The van der Waals surface area contributed by atoms with Crippen molar-refractivity contribution in [1.29, 1.82) is 0 Å². The van der Waals surface area contributed by atoms with E-state index in [4.69, 9.17) is 4.74 Å². The van der Waals surface area contributed by atoms with Crippen molar-refractivity contribution in [2.24, 2.45) is 0 Å². The Kier molecular flexibility index (Phi) is 4.93. The molecule has 0 radical (unpaired) electrons. The maximum atomic E-state index is 5.22. The van der Waals surface area contributed by atoms with E-state index in [0.29, 0.717) is 6.04 Å². The Labute approximate surface area is 122 Å². The van der Waals surface area contributed by atoms with Gasteiger partial charge in [0, 0.05) is 25.0 Å². The molecule has 1 N–H and O–H groups in total. The smallest absolute Gasteiger partial charge is 0.133 e. The highest BCUT2D eigenvalue weighted by Gasteiger charge is 2.05. The van der Waals surface area contributed by atoms with Gasteiger partial charge < -0.3 is 10.1 Å². The van der Waals surface area contributed by atoms with Gasteiger partial charge in [0.05, 0.1) is 11.6 Å². The van der Waals surface area contributed by atoms with E-state index in [0.717, 1.165) is 16.8 Å². The lowest BCUT2D eigenvalue weighted by atomic mass is 10.1. The van der Waals surface area contributed by atoms with Crippen molar-refractivity contribution >= 4 is 15.9 Å². The molecule has 0 bridgehead atoms. The first-order valence-corrected chi connectivity index (χ1v) is 6.95. The fourth-order valence-corrected chi connectivity index (χ4v) is 2.45. The highest BCUT2D eigenvalue weighted by atomic mass is 79.9. The zero-order valence-electron chi connectivity index (χ0n) is 11.1. The average Bonchev–Trinajstić information content (AvgIpc) is 2.46. The number of benzene rings is 1. The number of rotatable bonds is 5. The number of nitrogens with one attached hydrogen (secondary N) is 1. The van der Waals surface area contributed by atoms with Crippen LogP contribution in [0.15, 0.2) is 47.2 Å². The molecule has 0 aliphatic rings. The molecule has 1 aromatic carbocycles. The normalized spacial score (nSPS) is 12.2. The lowest BCUT2D eigenvalue weighted by Crippen LogP contribution is -2.18. The van der Waals surface area contributed by atoms with Gasteiger partial charge in [-0.25, -0.2) is 0 Å². The van der Waals surface area contributed by atoms with Gasteiger partial charge in [-0.15, -0.1) is 0 Å². The van der Waals surface area contributed by atoms with Crippen LogP contribution >= 0.6 is 15.9 Å². The van der Waals surface area contributed by atoms with Crippen molar-refractivity contribution in [1.82, 2.24) is 10.3 Å². The third-order valence-corrected chi connectivity index (χ3v) is 3.65. The van der Waals surface area contributed by atoms with Crippen LogP contribution in [0.2, 0.25) is 0 Å². The lowest BCUT2D eigenvalue weighted by molar-refractivity contribution is 0.412. The van der Waals surface area contributed by atoms with Crippen LogP contribution in [0.25, 0.3) is 0 Å². The van der Waals surface area contributed by atoms with Crippen LogP contribution in [0.5, 0.6) is 5.75 Å². The van der Waals surface area contributed by atoms with E-state index in [1.165, 1.54) is 11.1 Å². The van der Waals surface area contributed by atoms with E-state index in [1.807, 2.05) is 30.6 Å². The summed E-state index contributed by atoms with van der Waals surface area (Å²) < 4.78 is 6.20. The van der Waals surface area contributed by atoms with Crippen LogP contribution in [0, 0.1) is 0 Å². The molecular weight excluding hydrogens is 304 g/mol. The molecule has 3 nitrogen and oxygen atoms in total. The highest BCUT2D eigenvalue weighted by Crippen LogP contribution is 2.25. The second-order valence-corrected chi connectivity index (χ2v) is 5.21. The van der Waals surface area contributed by atoms with Gasteiger partial charge in [-0.2, -0.15) is 0 Å². The van der Waals surface area contributed by atoms with E-state index in [2.05, 4.69) is 45.3 Å². The van der Waals surface area contributed by atoms with Gasteiger partial charge in [0.2, 0.25) is 0 Å². The number of hydrogen-bond acceptors (Lipinski definition) is 3. The summed E-state index contributed by atoms with van der Waals surface area (Å²) in [4.78, 5) is 4.03. The molecule has 0 amide bonds. The van der Waals surface area contributed by atoms with Gasteiger partial charge in [-0.05, 0) is 58.2 Å². The summed E-state index contributed by atoms with van der Waals surface area (Å²) >= 11 is 3.50. The van der Waals surface area contributed by atoms with Gasteiger partial charge in [0.25, 0.3) is 0 Å². The van der Waals surface area contributed by atoms with E-state index in [9.17, 15) is 0 Å². The molecule has 0 aliphatic heterocycles. The first-order chi connectivity index (χ1) is 9.20. The number of methoxy groups -OCH3 is 1. The van der Waals surface area contributed by atoms with Crippen LogP contribution in [0.3, 0.4) is 0 Å². The number of pyridine rings is 1. The topological polar surface area (TPSA) is 34.1 Å². The van der Waals surface area contributed by atoms with Crippen LogP contribution < -0.4 is 10.1 Å². The van der Waals surface area contributed by atoms with Crippen LogP contribution in [0.4, 0.5) is 0 Å². The summed E-state index contributed by atoms with van der Waals surface area (Å²) in [6.45, 7) is 2.96. The van der Waals surface area contributed by atoms with E-state index < -0.39 is 0 Å². The molecular formula is C15H17BrN2O. The van der Waals surface area contributed by atoms with Crippen molar-refractivity contribution in [2.45, 2.75) is 19.5 Å². The molecule has 4 heteroatoms. The molecule has 1 atom stereocenters. The predicted molar refractivity (Wildman–Crippen MR) is 80.2 cm³/mol. The number of ether oxygens (including phenoxy) is 1. The van der Waals surface area contributed by atoms with E-state index in [1.54, 1.807) is 7.11 Å². The average molecular weight is 321 g/mol. The second-order valence-electron chi connectivity index (χ2n) is 4.35. The minimum Gasteiger partial charge on any atom is -0.496 e. The third-order valence-electron chi connectivity index (χ3n) is 3.03. The van der Waals surface area contributed by atoms with Crippen molar-refractivity contribution in [2.75, 3.05) is 7.11 Å². The van der Waals surface area contributed by atoms with Gasteiger partial charge >= 0.3 is 0 Å². The standard InChI is InChI=1S/C15H17BrN2O/c1-11(13-5-7-17-8-6-13)18-10-12-3-4-15(19-2)14(16)9-12/h3-9,11,18H,10H2,1-2H3/t11-/m0/s1. The van der Waals surface area contributed by atoms with Crippen molar-refractivity contribution < 1.29 is 4.74 Å². The fraction of sp³-hybridized carbons (Fsp3) is 0.267. The van der Waals surface area contributed by atoms with Gasteiger partial charge in [-0.3, -0.25) is 4.98 Å². The number of aromatic nitrogens is 1. The molecule has 0 aliphatic carbocycles. The Bertz CT molecular complexity index is 531. The largest absolute Gasteiger partial charge is 0.496 e. The maximum Gasteiger partial charge on any atom is 0.133 e. The van der Waals surface area contributed by atoms with Crippen LogP contribution in [0.1, 0.15) is 24.1 Å². The molecule has 1 heterocycles. The number of hydrogen-bond donors (Lipinski definition) is 1. The monoisotopic (exact) mass is 320 g/mol. The fourth-order valence-electron chi connectivity index (χ4n) is 1.86. The summed E-state index contributed by atoms with van der Waals surface area (Å²) in [5.41, 5.74) is 2.45. The molecule has 19 heavy (non-hydrogen) atoms. The molecule has 0 spiro atoms. The molecule has 1 aromatic heterocycles. The third kappa shape index (κ3) is 3.78. The molecule has 100 valence electrons. The maximum absolute atomic E-state index is 5.22. The Morgan fingerprint density at radius 1 is 1.26 bits per heavy atom. The zero-order chi connectivity index (χ0) is 13.7. The van der Waals surface area contributed by atoms with Gasteiger partial charge in [-0.1, -0.05) is 6.07 Å². The SMILES string of the molecule is COc1ccc(CN[C@@H](C)c2ccncc2)cc1Br. The Balaban J connectivity index is 1.97. The minimum atomic E-state index is 0.295. The van der Waals surface area contributed by atoms with E-state index >= 15 is 0 Å². The summed E-state index contributed by atoms with van der Waals surface area (Å²) in [6.07, 6.45) is 3.63. The van der Waals surface area contributed by atoms with E-state index in [-0.39, 0.29) is 0 Å². The number of halogens is 1. The molecule has 0 saturated carbocycles. The summed E-state index contributed by atoms with van der Waals surface area (Å²) in [5.74, 6) is 0.853. The molecule has 2 rings (SSSR count).